The van der Waals surface area contributed by atoms with Crippen molar-refractivity contribution in [3.05, 3.63) is 27.6 Å². The zero-order chi connectivity index (χ0) is 14.0. The summed E-state index contributed by atoms with van der Waals surface area (Å²) in [6.07, 6.45) is 0.279. The summed E-state index contributed by atoms with van der Waals surface area (Å²) < 4.78 is 0.605. The SMILES string of the molecule is CC(N)CC(=O)N(C)Cc1nc2ccsc2c(=O)[nH]1.Cl. The molecule has 2 aromatic heterocycles. The lowest BCUT2D eigenvalue weighted by Crippen LogP contribution is -2.32. The lowest BCUT2D eigenvalue weighted by molar-refractivity contribution is -0.130. The van der Waals surface area contributed by atoms with Crippen LogP contribution in [0.4, 0.5) is 0 Å². The molecule has 0 fully saturated rings. The second-order valence-electron chi connectivity index (χ2n) is 4.58. The topological polar surface area (TPSA) is 92.1 Å². The molecule has 0 spiro atoms. The molecule has 1 amide bonds. The fourth-order valence-electron chi connectivity index (χ4n) is 1.74. The van der Waals surface area contributed by atoms with E-state index in [0.717, 1.165) is 0 Å². The number of nitrogens with two attached hydrogens (primary N) is 1. The summed E-state index contributed by atoms with van der Waals surface area (Å²) in [6, 6.07) is 1.61. The summed E-state index contributed by atoms with van der Waals surface area (Å²) in [5.74, 6) is 0.416. The number of fused-ring (bicyclic) bond motifs is 1. The van der Waals surface area contributed by atoms with Crippen LogP contribution in [-0.2, 0) is 11.3 Å². The van der Waals surface area contributed by atoms with E-state index in [1.54, 1.807) is 20.0 Å². The highest BCUT2D eigenvalue weighted by atomic mass is 35.5. The highest BCUT2D eigenvalue weighted by molar-refractivity contribution is 7.17. The molecule has 0 saturated carbocycles. The maximum absolute atomic E-state index is 11.8. The fourth-order valence-corrected chi connectivity index (χ4v) is 2.47. The third-order valence-corrected chi connectivity index (χ3v) is 3.58. The molecule has 3 N–H and O–H groups in total. The van der Waals surface area contributed by atoms with Crippen molar-refractivity contribution >= 4 is 39.9 Å². The van der Waals surface area contributed by atoms with E-state index in [9.17, 15) is 9.59 Å². The van der Waals surface area contributed by atoms with Crippen LogP contribution in [0.1, 0.15) is 19.2 Å². The van der Waals surface area contributed by atoms with Crippen molar-refractivity contribution in [1.82, 2.24) is 14.9 Å². The van der Waals surface area contributed by atoms with Gasteiger partial charge in [0, 0.05) is 19.5 Å². The molecule has 0 aliphatic heterocycles. The molecule has 110 valence electrons. The molecule has 1 atom stereocenters. The van der Waals surface area contributed by atoms with Gasteiger partial charge in [0.1, 0.15) is 10.5 Å². The van der Waals surface area contributed by atoms with Crippen LogP contribution in [-0.4, -0.2) is 33.9 Å². The zero-order valence-electron chi connectivity index (χ0n) is 11.3. The minimum atomic E-state index is -0.179. The molecule has 8 heteroatoms. The van der Waals surface area contributed by atoms with Crippen molar-refractivity contribution in [3.63, 3.8) is 0 Å². The van der Waals surface area contributed by atoms with Crippen molar-refractivity contribution in [2.24, 2.45) is 5.73 Å². The number of rotatable bonds is 4. The largest absolute Gasteiger partial charge is 0.338 e. The van der Waals surface area contributed by atoms with Gasteiger partial charge in [-0.15, -0.1) is 23.7 Å². The van der Waals surface area contributed by atoms with Gasteiger partial charge >= 0.3 is 0 Å². The van der Waals surface area contributed by atoms with Crippen LogP contribution in [0, 0.1) is 0 Å². The lowest BCUT2D eigenvalue weighted by Gasteiger charge is -2.17. The molecule has 1 unspecified atom stereocenters. The molecule has 20 heavy (non-hydrogen) atoms. The van der Waals surface area contributed by atoms with Crippen molar-refractivity contribution in [1.29, 1.82) is 0 Å². The number of aromatic amines is 1. The van der Waals surface area contributed by atoms with Crippen molar-refractivity contribution in [2.45, 2.75) is 25.9 Å². The smallest absolute Gasteiger partial charge is 0.268 e. The number of nitrogens with one attached hydrogen (secondary N) is 1. The normalized spacial score (nSPS) is 11.9. The first-order valence-corrected chi connectivity index (χ1v) is 6.81. The fraction of sp³-hybridized carbons (Fsp3) is 0.417. The second kappa shape index (κ2) is 6.83. The summed E-state index contributed by atoms with van der Waals surface area (Å²) in [7, 11) is 1.67. The first-order chi connectivity index (χ1) is 8.97. The third kappa shape index (κ3) is 3.78. The van der Waals surface area contributed by atoms with E-state index in [-0.39, 0.29) is 42.9 Å². The van der Waals surface area contributed by atoms with Gasteiger partial charge in [-0.1, -0.05) is 0 Å². The second-order valence-corrected chi connectivity index (χ2v) is 5.49. The standard InChI is InChI=1S/C12H16N4O2S.ClH/c1-7(13)5-10(17)16(2)6-9-14-8-3-4-19-11(8)12(18)15-9;/h3-4,7H,5-6,13H2,1-2H3,(H,14,15,18);1H. The van der Waals surface area contributed by atoms with Gasteiger partial charge in [-0.05, 0) is 18.4 Å². The van der Waals surface area contributed by atoms with Crippen molar-refractivity contribution < 1.29 is 4.79 Å². The van der Waals surface area contributed by atoms with Crippen LogP contribution >= 0.6 is 23.7 Å². The maximum atomic E-state index is 11.8. The number of hydrogen-bond acceptors (Lipinski definition) is 5. The van der Waals surface area contributed by atoms with Gasteiger partial charge < -0.3 is 15.6 Å². The average Bonchev–Trinajstić information content (AvgIpc) is 2.76. The summed E-state index contributed by atoms with van der Waals surface area (Å²) in [6.45, 7) is 2.05. The van der Waals surface area contributed by atoms with E-state index in [0.29, 0.717) is 16.0 Å². The van der Waals surface area contributed by atoms with Crippen LogP contribution in [0.2, 0.25) is 0 Å². The van der Waals surface area contributed by atoms with Gasteiger partial charge in [0.25, 0.3) is 5.56 Å². The van der Waals surface area contributed by atoms with E-state index in [2.05, 4.69) is 9.97 Å². The number of aromatic nitrogens is 2. The lowest BCUT2D eigenvalue weighted by atomic mass is 10.2. The minimum Gasteiger partial charge on any atom is -0.338 e. The van der Waals surface area contributed by atoms with E-state index < -0.39 is 0 Å². The van der Waals surface area contributed by atoms with Gasteiger partial charge in [-0.2, -0.15) is 0 Å². The quantitative estimate of drug-likeness (QED) is 0.883. The molecule has 0 aliphatic rings. The molecule has 2 rings (SSSR count). The molecule has 0 aromatic carbocycles. The number of hydrogen-bond donors (Lipinski definition) is 2. The van der Waals surface area contributed by atoms with Crippen LogP contribution in [0.5, 0.6) is 0 Å². The third-order valence-electron chi connectivity index (χ3n) is 2.67. The zero-order valence-corrected chi connectivity index (χ0v) is 12.9. The molecule has 0 saturated heterocycles. The number of halogens is 1. The van der Waals surface area contributed by atoms with Crippen molar-refractivity contribution in [3.8, 4) is 0 Å². The van der Waals surface area contributed by atoms with Gasteiger partial charge in [-0.25, -0.2) is 4.98 Å². The van der Waals surface area contributed by atoms with E-state index in [1.807, 2.05) is 5.38 Å². The highest BCUT2D eigenvalue weighted by Gasteiger charge is 2.13. The molecule has 6 nitrogen and oxygen atoms in total. The Kier molecular flexibility index (Phi) is 5.67. The van der Waals surface area contributed by atoms with Gasteiger partial charge in [0.2, 0.25) is 5.91 Å². The molecule has 0 bridgehead atoms. The van der Waals surface area contributed by atoms with E-state index in [4.69, 9.17) is 5.73 Å². The first kappa shape index (κ1) is 16.6. The Morgan fingerprint density at radius 2 is 2.30 bits per heavy atom. The summed E-state index contributed by atoms with van der Waals surface area (Å²) in [5, 5.41) is 1.82. The summed E-state index contributed by atoms with van der Waals surface area (Å²) in [4.78, 5) is 32.1. The van der Waals surface area contributed by atoms with Crippen LogP contribution < -0.4 is 11.3 Å². The molecular formula is C12H17ClN4O2S. The van der Waals surface area contributed by atoms with E-state index >= 15 is 0 Å². The number of amides is 1. The molecule has 0 radical (unpaired) electrons. The Morgan fingerprint density at radius 3 is 2.95 bits per heavy atom. The van der Waals surface area contributed by atoms with Gasteiger partial charge in [0.05, 0.1) is 12.1 Å². The maximum Gasteiger partial charge on any atom is 0.268 e. The van der Waals surface area contributed by atoms with E-state index in [1.165, 1.54) is 16.2 Å². The van der Waals surface area contributed by atoms with Gasteiger partial charge in [0.15, 0.2) is 0 Å². The number of H-pyrrole nitrogens is 1. The minimum absolute atomic E-state index is 0. The Labute approximate surface area is 126 Å². The van der Waals surface area contributed by atoms with Crippen LogP contribution in [0.25, 0.3) is 10.2 Å². The molecule has 2 aromatic rings. The summed E-state index contributed by atoms with van der Waals surface area (Å²) in [5.41, 5.74) is 6.09. The monoisotopic (exact) mass is 316 g/mol. The number of nitrogens with zero attached hydrogens (tertiary/aromatic N) is 2. The van der Waals surface area contributed by atoms with Crippen LogP contribution in [0.15, 0.2) is 16.2 Å². The Bertz CT molecular complexity index is 652. The van der Waals surface area contributed by atoms with Crippen molar-refractivity contribution in [2.75, 3.05) is 7.05 Å². The Balaban J connectivity index is 0.00000200. The average molecular weight is 317 g/mol. The predicted octanol–water partition coefficient (Wildman–Crippen LogP) is 1.10. The molecular weight excluding hydrogens is 300 g/mol. The van der Waals surface area contributed by atoms with Crippen LogP contribution in [0.3, 0.4) is 0 Å². The number of thiophene rings is 1. The molecule has 0 aliphatic carbocycles. The Morgan fingerprint density at radius 1 is 1.60 bits per heavy atom. The van der Waals surface area contributed by atoms with Gasteiger partial charge in [-0.3, -0.25) is 9.59 Å². The summed E-state index contributed by atoms with van der Waals surface area (Å²) >= 11 is 1.35. The highest BCUT2D eigenvalue weighted by Crippen LogP contribution is 2.14. The number of carbonyl (C=O) groups is 1. The Hall–Kier alpha value is -1.44. The predicted molar refractivity (Wildman–Crippen MR) is 82.2 cm³/mol. The first-order valence-electron chi connectivity index (χ1n) is 5.93. The number of carbonyl (C=O) groups excluding carboxylic acids is 1. The molecule has 2 heterocycles.